The van der Waals surface area contributed by atoms with E-state index in [0.717, 1.165) is 0 Å². The molecule has 10 nitrogen and oxygen atoms in total. The molecule has 0 bridgehead atoms. The average Bonchev–Trinajstić information content (AvgIpc) is 3.24. The van der Waals surface area contributed by atoms with E-state index in [4.69, 9.17) is 15.2 Å². The van der Waals surface area contributed by atoms with E-state index in [9.17, 15) is 14.3 Å². The summed E-state index contributed by atoms with van der Waals surface area (Å²) < 4.78 is 26.8. The van der Waals surface area contributed by atoms with Gasteiger partial charge in [-0.05, 0) is 18.1 Å². The molecule has 0 spiro atoms. The van der Waals surface area contributed by atoms with Crippen LogP contribution in [0.25, 0.3) is 16.9 Å². The lowest BCUT2D eigenvalue weighted by Gasteiger charge is -2.22. The Morgan fingerprint density at radius 3 is 2.38 bits per heavy atom. The third kappa shape index (κ3) is 5.26. The second-order valence-electron chi connectivity index (χ2n) is 8.73. The summed E-state index contributed by atoms with van der Waals surface area (Å²) in [6.07, 6.45) is 0. The highest BCUT2D eigenvalue weighted by atomic mass is 19.1. The number of aromatic nitrogens is 3. The molecule has 1 atom stereocenters. The third-order valence-electron chi connectivity index (χ3n) is 5.93. The number of methoxy groups -OCH3 is 2. The molecular formula is C26H29FN6O4. The van der Waals surface area contributed by atoms with Gasteiger partial charge in [-0.25, -0.2) is 9.37 Å². The van der Waals surface area contributed by atoms with E-state index in [1.807, 2.05) is 13.8 Å². The number of nitrogens with two attached hydrogens (primary N) is 1. The Hall–Kier alpha value is -4.38. The molecule has 0 aliphatic heterocycles. The Balaban J connectivity index is 1.94. The van der Waals surface area contributed by atoms with Crippen molar-refractivity contribution in [3.63, 3.8) is 0 Å². The molecule has 0 saturated heterocycles. The number of rotatable bonds is 10. The normalized spacial score (nSPS) is 12.0. The molecule has 2 aromatic heterocycles. The van der Waals surface area contributed by atoms with Gasteiger partial charge in [-0.2, -0.15) is 4.52 Å². The molecule has 11 heteroatoms. The fourth-order valence-corrected chi connectivity index (χ4v) is 3.87. The number of ether oxygens (including phenoxy) is 2. The van der Waals surface area contributed by atoms with Crippen LogP contribution in [0.5, 0.6) is 11.5 Å². The molecule has 37 heavy (non-hydrogen) atoms. The van der Waals surface area contributed by atoms with Crippen molar-refractivity contribution < 1.29 is 23.8 Å². The number of benzene rings is 2. The largest absolute Gasteiger partial charge is 0.497 e. The number of carbonyl (C=O) groups excluding carboxylic acids is 1. The number of amides is 1. The zero-order chi connectivity index (χ0) is 26.7. The highest BCUT2D eigenvalue weighted by Crippen LogP contribution is 2.32. The van der Waals surface area contributed by atoms with Crippen molar-refractivity contribution in [1.29, 1.82) is 0 Å². The molecule has 5 N–H and O–H groups in total. The highest BCUT2D eigenvalue weighted by Gasteiger charge is 2.24. The monoisotopic (exact) mass is 508 g/mol. The van der Waals surface area contributed by atoms with Crippen LogP contribution in [-0.2, 0) is 0 Å². The van der Waals surface area contributed by atoms with Gasteiger partial charge in [0.1, 0.15) is 28.7 Å². The van der Waals surface area contributed by atoms with Crippen LogP contribution < -0.4 is 25.8 Å². The average molecular weight is 509 g/mol. The lowest BCUT2D eigenvalue weighted by Crippen LogP contribution is -2.30. The van der Waals surface area contributed by atoms with Crippen molar-refractivity contribution in [3.05, 3.63) is 59.9 Å². The highest BCUT2D eigenvalue weighted by molar-refractivity contribution is 6.04. The number of halogens is 1. The number of nitrogens with zero attached hydrogens (tertiary/aromatic N) is 3. The van der Waals surface area contributed by atoms with Gasteiger partial charge >= 0.3 is 0 Å². The number of aliphatic hydroxyl groups is 1. The van der Waals surface area contributed by atoms with Crippen molar-refractivity contribution in [2.24, 2.45) is 11.7 Å². The number of hydrogen-bond donors (Lipinski definition) is 4. The number of aliphatic hydroxyl groups excluding tert-OH is 1. The van der Waals surface area contributed by atoms with Gasteiger partial charge in [0.25, 0.3) is 5.91 Å². The Labute approximate surface area is 213 Å². The van der Waals surface area contributed by atoms with Crippen LogP contribution in [0.1, 0.15) is 24.2 Å². The summed E-state index contributed by atoms with van der Waals surface area (Å²) in [4.78, 5) is 17.2. The van der Waals surface area contributed by atoms with Crippen molar-refractivity contribution in [1.82, 2.24) is 14.6 Å². The molecule has 194 valence electrons. The zero-order valence-electron chi connectivity index (χ0n) is 20.9. The van der Waals surface area contributed by atoms with E-state index in [1.165, 1.54) is 24.8 Å². The number of carbonyl (C=O) groups is 1. The van der Waals surface area contributed by atoms with Gasteiger partial charge in [-0.3, -0.25) is 4.79 Å². The Morgan fingerprint density at radius 1 is 1.14 bits per heavy atom. The third-order valence-corrected chi connectivity index (χ3v) is 5.93. The number of anilines is 3. The minimum atomic E-state index is -0.779. The van der Waals surface area contributed by atoms with Crippen LogP contribution >= 0.6 is 0 Å². The molecule has 4 rings (SSSR count). The molecule has 0 aliphatic rings. The zero-order valence-corrected chi connectivity index (χ0v) is 20.9. The molecule has 0 saturated carbocycles. The van der Waals surface area contributed by atoms with Gasteiger partial charge in [-0.15, -0.1) is 5.10 Å². The summed E-state index contributed by atoms with van der Waals surface area (Å²) in [6, 6.07) is 12.6. The van der Waals surface area contributed by atoms with E-state index in [1.54, 1.807) is 42.5 Å². The molecule has 0 fully saturated rings. The summed E-state index contributed by atoms with van der Waals surface area (Å²) in [6.45, 7) is 3.74. The maximum atomic E-state index is 14.7. The smallest absolute Gasteiger partial charge is 0.256 e. The maximum absolute atomic E-state index is 14.7. The first-order valence-electron chi connectivity index (χ1n) is 11.6. The Morgan fingerprint density at radius 2 is 1.81 bits per heavy atom. The van der Waals surface area contributed by atoms with Crippen LogP contribution in [0.2, 0.25) is 0 Å². The second-order valence-corrected chi connectivity index (χ2v) is 8.73. The minimum Gasteiger partial charge on any atom is -0.497 e. The van der Waals surface area contributed by atoms with Crippen molar-refractivity contribution in [3.8, 4) is 22.8 Å². The summed E-state index contributed by atoms with van der Waals surface area (Å²) in [5.41, 5.74) is 6.94. The molecule has 1 amide bonds. The number of primary amides is 1. The Bertz CT molecular complexity index is 1420. The predicted octanol–water partition coefficient (Wildman–Crippen LogP) is 3.82. The lowest BCUT2D eigenvalue weighted by atomic mass is 10.1. The summed E-state index contributed by atoms with van der Waals surface area (Å²) in [7, 11) is 3.05. The van der Waals surface area contributed by atoms with Crippen molar-refractivity contribution in [2.75, 3.05) is 31.5 Å². The van der Waals surface area contributed by atoms with Gasteiger partial charge < -0.3 is 30.9 Å². The summed E-state index contributed by atoms with van der Waals surface area (Å²) in [5, 5.41) is 20.8. The van der Waals surface area contributed by atoms with E-state index < -0.39 is 11.7 Å². The van der Waals surface area contributed by atoms with Crippen molar-refractivity contribution >= 4 is 28.9 Å². The molecule has 0 radical (unpaired) electrons. The first-order valence-corrected chi connectivity index (χ1v) is 11.6. The molecule has 4 aromatic rings. The fourth-order valence-electron chi connectivity index (χ4n) is 3.87. The van der Waals surface area contributed by atoms with Crippen LogP contribution in [0.15, 0.2) is 48.5 Å². The van der Waals surface area contributed by atoms with Gasteiger partial charge in [-0.1, -0.05) is 26.0 Å². The topological polar surface area (TPSA) is 136 Å². The summed E-state index contributed by atoms with van der Waals surface area (Å²) >= 11 is 0. The van der Waals surface area contributed by atoms with Crippen LogP contribution in [0.4, 0.5) is 21.7 Å². The van der Waals surface area contributed by atoms with E-state index in [-0.39, 0.29) is 46.9 Å². The van der Waals surface area contributed by atoms with Crippen molar-refractivity contribution in [2.45, 2.75) is 19.9 Å². The predicted molar refractivity (Wildman–Crippen MR) is 139 cm³/mol. The number of nitrogens with one attached hydrogen (secondary N) is 2. The standard InChI is InChI=1S/C26H29FN6O4/c1-14(2)21(13-34)30-22-12-20(18-7-5-6-8-19(18)27)31-26-23(24(28)35)25(32-33(22)26)29-15-9-16(36-3)11-17(10-15)37-4/h5-12,14,21,30,34H,13H2,1-4H3,(H2,28,35)(H,29,32)/t21-/m0/s1. The SMILES string of the molecule is COc1cc(Nc2nn3c(N[C@@H](CO)C(C)C)cc(-c4ccccc4F)nc3c2C(N)=O)cc(OC)c1. The van der Waals surface area contributed by atoms with Gasteiger partial charge in [0, 0.05) is 35.5 Å². The van der Waals surface area contributed by atoms with Gasteiger partial charge in [0.05, 0.1) is 32.6 Å². The van der Waals surface area contributed by atoms with E-state index in [0.29, 0.717) is 23.0 Å². The number of fused-ring (bicyclic) bond motifs is 1. The first kappa shape index (κ1) is 25.7. The number of hydrogen-bond acceptors (Lipinski definition) is 8. The lowest BCUT2D eigenvalue weighted by molar-refractivity contribution is 0.100. The van der Waals surface area contributed by atoms with Gasteiger partial charge in [0.15, 0.2) is 11.5 Å². The van der Waals surface area contributed by atoms with E-state index >= 15 is 0 Å². The first-order chi connectivity index (χ1) is 17.7. The summed E-state index contributed by atoms with van der Waals surface area (Å²) in [5.74, 6) is 0.378. The van der Waals surface area contributed by atoms with E-state index in [2.05, 4.69) is 20.7 Å². The van der Waals surface area contributed by atoms with Crippen LogP contribution in [0, 0.1) is 11.7 Å². The molecule has 0 aliphatic carbocycles. The molecule has 2 aromatic carbocycles. The second kappa shape index (κ2) is 10.7. The quantitative estimate of drug-likeness (QED) is 0.254. The minimum absolute atomic E-state index is 0.00752. The van der Waals surface area contributed by atoms with Crippen LogP contribution in [-0.4, -0.2) is 52.5 Å². The van der Waals surface area contributed by atoms with Gasteiger partial charge in [0.2, 0.25) is 0 Å². The fraction of sp³-hybridized carbons (Fsp3) is 0.269. The molecular weight excluding hydrogens is 479 g/mol. The molecule has 0 unspecified atom stereocenters. The maximum Gasteiger partial charge on any atom is 0.256 e. The molecule has 2 heterocycles. The van der Waals surface area contributed by atoms with Crippen LogP contribution in [0.3, 0.4) is 0 Å². The Kier molecular flexibility index (Phi) is 7.44.